The first-order valence-corrected chi connectivity index (χ1v) is 2.08. The fourth-order valence-electron chi connectivity index (χ4n) is 0.397. The number of hydrogen-bond acceptors (Lipinski definition) is 1. The summed E-state index contributed by atoms with van der Waals surface area (Å²) in [6.07, 6.45) is 5.01. The summed E-state index contributed by atoms with van der Waals surface area (Å²) in [6, 6.07) is 0. The highest BCUT2D eigenvalue weighted by atomic mass is 16.5. The Morgan fingerprint density at radius 3 is 2.86 bits per heavy atom. The van der Waals surface area contributed by atoms with E-state index in [-0.39, 0.29) is 0 Å². The highest BCUT2D eigenvalue weighted by Crippen LogP contribution is 1.95. The van der Waals surface area contributed by atoms with Crippen LogP contribution in [0.3, 0.4) is 0 Å². The van der Waals surface area contributed by atoms with E-state index in [0.29, 0.717) is 12.3 Å². The lowest BCUT2D eigenvalue weighted by molar-refractivity contribution is 0.273. The van der Waals surface area contributed by atoms with Crippen molar-refractivity contribution in [3.05, 3.63) is 24.1 Å². The number of rotatable bonds is 0. The second kappa shape index (κ2) is 1.69. The fourth-order valence-corrected chi connectivity index (χ4v) is 0.397. The van der Waals surface area contributed by atoms with E-state index in [1.165, 1.54) is 0 Å². The lowest BCUT2D eigenvalue weighted by atomic mass is 10.4. The van der Waals surface area contributed by atoms with Crippen LogP contribution in [0.2, 0.25) is 0 Å². The molecule has 1 heterocycles. The molecule has 0 aromatic heterocycles. The van der Waals surface area contributed by atoms with Gasteiger partial charge in [0.1, 0.15) is 6.61 Å². The van der Waals surface area contributed by atoms with Crippen molar-refractivity contribution in [3.63, 3.8) is 0 Å². The predicted octanol–water partition coefficient (Wildman–Crippen LogP) is 0.697. The summed E-state index contributed by atoms with van der Waals surface area (Å²) in [5.74, 6) is 0. The normalized spacial score (nSPS) is 18.0. The Hall–Kier alpha value is -0.920. The lowest BCUT2D eigenvalue weighted by Gasteiger charge is -2.01. The van der Waals surface area contributed by atoms with Gasteiger partial charge in [0.2, 0.25) is 0 Å². The molecular weight excluding hydrogens is 90.1 g/mol. The minimum absolute atomic E-state index is 0.427. The molecular formula is C5H6NO. The van der Waals surface area contributed by atoms with Crippen molar-refractivity contribution in [1.82, 2.24) is 5.73 Å². The van der Waals surface area contributed by atoms with E-state index in [0.717, 1.165) is 0 Å². The molecule has 7 heavy (non-hydrogen) atoms. The lowest BCUT2D eigenvalue weighted by Crippen LogP contribution is -1.96. The van der Waals surface area contributed by atoms with Crippen LogP contribution < -0.4 is 5.73 Å². The first kappa shape index (κ1) is 4.24. The maximum Gasteiger partial charge on any atom is 0.129 e. The summed E-state index contributed by atoms with van der Waals surface area (Å²) in [6.45, 7) is 0.427. The highest BCUT2D eigenvalue weighted by Gasteiger charge is 1.90. The Morgan fingerprint density at radius 2 is 2.57 bits per heavy atom. The van der Waals surface area contributed by atoms with Crippen LogP contribution in [0.25, 0.3) is 0 Å². The molecule has 0 aromatic carbocycles. The number of ether oxygens (including phenoxy) is 1. The number of allylic oxidation sites excluding steroid dienone is 2. The third-order valence-electron chi connectivity index (χ3n) is 0.711. The van der Waals surface area contributed by atoms with Gasteiger partial charge in [-0.25, -0.2) is 0 Å². The zero-order valence-electron chi connectivity index (χ0n) is 3.85. The maximum absolute atomic E-state index is 6.96. The largest absolute Gasteiger partial charge is 0.495 e. The van der Waals surface area contributed by atoms with E-state index >= 15 is 0 Å². The SMILES string of the molecule is [NH]C1=CC=COC1. The molecule has 2 heteroatoms. The van der Waals surface area contributed by atoms with E-state index in [2.05, 4.69) is 0 Å². The van der Waals surface area contributed by atoms with Gasteiger partial charge in [-0.1, -0.05) is 0 Å². The Labute approximate surface area is 42.3 Å². The van der Waals surface area contributed by atoms with Crippen LogP contribution in [0.15, 0.2) is 24.1 Å². The molecule has 0 atom stereocenters. The Balaban J connectivity index is 2.57. The quantitative estimate of drug-likeness (QED) is 0.437. The molecule has 0 aromatic rings. The molecule has 2 nitrogen and oxygen atoms in total. The zero-order valence-corrected chi connectivity index (χ0v) is 3.85. The molecule has 1 rings (SSSR count). The standard InChI is InChI=1S/C5H6NO/c6-5-2-1-3-7-4-5/h1-3,6H,4H2. The molecule has 1 N–H and O–H groups in total. The summed E-state index contributed by atoms with van der Waals surface area (Å²) in [5, 5.41) is 0. The Kier molecular flexibility index (Phi) is 1.02. The summed E-state index contributed by atoms with van der Waals surface area (Å²) in [7, 11) is 0. The summed E-state index contributed by atoms with van der Waals surface area (Å²) in [5.41, 5.74) is 7.49. The average Bonchev–Trinajstić information content (AvgIpc) is 1.69. The molecule has 0 aliphatic carbocycles. The third kappa shape index (κ3) is 0.961. The van der Waals surface area contributed by atoms with Crippen molar-refractivity contribution in [2.24, 2.45) is 0 Å². The molecule has 0 unspecified atom stereocenters. The molecule has 0 saturated carbocycles. The summed E-state index contributed by atoms with van der Waals surface area (Å²) >= 11 is 0. The second-order valence-electron chi connectivity index (χ2n) is 1.33. The Morgan fingerprint density at radius 1 is 1.71 bits per heavy atom. The van der Waals surface area contributed by atoms with Gasteiger partial charge < -0.3 is 10.5 Å². The molecule has 1 radical (unpaired) electrons. The van der Waals surface area contributed by atoms with E-state index < -0.39 is 0 Å². The van der Waals surface area contributed by atoms with E-state index in [4.69, 9.17) is 10.5 Å². The monoisotopic (exact) mass is 96.0 g/mol. The van der Waals surface area contributed by atoms with Gasteiger partial charge in [-0.05, 0) is 12.2 Å². The van der Waals surface area contributed by atoms with Crippen molar-refractivity contribution >= 4 is 0 Å². The zero-order chi connectivity index (χ0) is 5.11. The van der Waals surface area contributed by atoms with Gasteiger partial charge in [0.05, 0.1) is 12.0 Å². The van der Waals surface area contributed by atoms with Crippen LogP contribution >= 0.6 is 0 Å². The van der Waals surface area contributed by atoms with Gasteiger partial charge in [-0.15, -0.1) is 0 Å². The third-order valence-corrected chi connectivity index (χ3v) is 0.711. The number of hydrogen-bond donors (Lipinski definition) is 0. The van der Waals surface area contributed by atoms with E-state index in [1.807, 2.05) is 0 Å². The first-order valence-electron chi connectivity index (χ1n) is 2.08. The van der Waals surface area contributed by atoms with Crippen LogP contribution in [0, 0.1) is 0 Å². The highest BCUT2D eigenvalue weighted by molar-refractivity contribution is 5.10. The van der Waals surface area contributed by atoms with Gasteiger partial charge in [-0.3, -0.25) is 0 Å². The van der Waals surface area contributed by atoms with Gasteiger partial charge in [0, 0.05) is 0 Å². The second-order valence-corrected chi connectivity index (χ2v) is 1.33. The topological polar surface area (TPSA) is 33.0 Å². The van der Waals surface area contributed by atoms with Gasteiger partial charge in [0.15, 0.2) is 0 Å². The molecule has 0 saturated heterocycles. The van der Waals surface area contributed by atoms with Crippen LogP contribution in [0.5, 0.6) is 0 Å². The molecule has 37 valence electrons. The molecule has 0 fully saturated rings. The van der Waals surface area contributed by atoms with E-state index in [9.17, 15) is 0 Å². The number of nitrogens with one attached hydrogen (secondary N) is 1. The smallest absolute Gasteiger partial charge is 0.129 e. The predicted molar refractivity (Wildman–Crippen MR) is 26.3 cm³/mol. The molecule has 0 amide bonds. The van der Waals surface area contributed by atoms with Gasteiger partial charge in [0.25, 0.3) is 0 Å². The van der Waals surface area contributed by atoms with Crippen LogP contribution in [-0.4, -0.2) is 6.61 Å². The van der Waals surface area contributed by atoms with Gasteiger partial charge in [-0.2, -0.15) is 0 Å². The van der Waals surface area contributed by atoms with E-state index in [1.54, 1.807) is 18.4 Å². The maximum atomic E-state index is 6.96. The van der Waals surface area contributed by atoms with Crippen molar-refractivity contribution < 1.29 is 4.74 Å². The van der Waals surface area contributed by atoms with Crippen molar-refractivity contribution in [3.8, 4) is 0 Å². The molecule has 1 aliphatic rings. The molecule has 0 bridgehead atoms. The van der Waals surface area contributed by atoms with Gasteiger partial charge >= 0.3 is 0 Å². The molecule has 1 aliphatic heterocycles. The summed E-state index contributed by atoms with van der Waals surface area (Å²) in [4.78, 5) is 0. The van der Waals surface area contributed by atoms with Crippen LogP contribution in [-0.2, 0) is 4.74 Å². The van der Waals surface area contributed by atoms with Crippen LogP contribution in [0.4, 0.5) is 0 Å². The summed E-state index contributed by atoms with van der Waals surface area (Å²) < 4.78 is 4.75. The van der Waals surface area contributed by atoms with Crippen LogP contribution in [0.1, 0.15) is 0 Å². The molecule has 0 spiro atoms. The van der Waals surface area contributed by atoms with Crippen molar-refractivity contribution in [2.45, 2.75) is 0 Å². The van der Waals surface area contributed by atoms with Crippen molar-refractivity contribution in [2.75, 3.05) is 6.61 Å². The average molecular weight is 96.1 g/mol. The Bertz CT molecular complexity index is 115. The first-order chi connectivity index (χ1) is 3.39. The fraction of sp³-hybridized carbons (Fsp3) is 0.200. The minimum Gasteiger partial charge on any atom is -0.495 e. The minimum atomic E-state index is 0.427. The van der Waals surface area contributed by atoms with Crippen molar-refractivity contribution in [1.29, 1.82) is 0 Å².